The Bertz CT molecular complexity index is 713. The monoisotopic (exact) mass is 426 g/mol. The van der Waals surface area contributed by atoms with Crippen LogP contribution in [-0.4, -0.2) is 18.9 Å². The maximum absolute atomic E-state index is 12.4. The van der Waals surface area contributed by atoms with Gasteiger partial charge in [0.2, 0.25) is 0 Å². The molecule has 0 amide bonds. The second-order valence-electron chi connectivity index (χ2n) is 4.26. The second-order valence-corrected chi connectivity index (χ2v) is 6.09. The molecule has 0 atom stereocenters. The molecule has 0 unspecified atom stereocenters. The van der Waals surface area contributed by atoms with E-state index in [4.69, 9.17) is 9.47 Å². The quantitative estimate of drug-likeness (QED) is 0.396. The fraction of sp³-hybridized carbons (Fsp3) is 0.125. The van der Waals surface area contributed by atoms with Gasteiger partial charge < -0.3 is 9.47 Å². The van der Waals surface area contributed by atoms with Crippen molar-refractivity contribution in [3.63, 3.8) is 0 Å². The van der Waals surface area contributed by atoms with E-state index in [9.17, 15) is 9.59 Å². The summed E-state index contributed by atoms with van der Waals surface area (Å²) in [5.41, 5.74) is 0.576. The molecule has 2 rings (SSSR count). The van der Waals surface area contributed by atoms with Gasteiger partial charge >= 0.3 is 5.97 Å². The van der Waals surface area contributed by atoms with Crippen LogP contribution < -0.4 is 9.47 Å². The summed E-state index contributed by atoms with van der Waals surface area (Å²) < 4.78 is 12.2. The SMILES string of the molecule is CCOc1ccc(Br)cc1C(=O)Oc1ccc(Br)cc1C=O. The number of ether oxygens (including phenoxy) is 2. The Balaban J connectivity index is 2.33. The number of rotatable bonds is 5. The van der Waals surface area contributed by atoms with Crippen LogP contribution in [0, 0.1) is 0 Å². The topological polar surface area (TPSA) is 52.6 Å². The van der Waals surface area contributed by atoms with Crippen molar-refractivity contribution in [2.75, 3.05) is 6.61 Å². The molecule has 22 heavy (non-hydrogen) atoms. The van der Waals surface area contributed by atoms with Gasteiger partial charge in [-0.3, -0.25) is 4.79 Å². The van der Waals surface area contributed by atoms with Crippen LogP contribution in [0.5, 0.6) is 11.5 Å². The van der Waals surface area contributed by atoms with Gasteiger partial charge in [-0.05, 0) is 43.3 Å². The molecule has 0 spiro atoms. The second kappa shape index (κ2) is 7.56. The molecule has 0 radical (unpaired) electrons. The van der Waals surface area contributed by atoms with Crippen molar-refractivity contribution in [2.24, 2.45) is 0 Å². The number of aldehydes is 1. The molecule has 0 saturated carbocycles. The maximum atomic E-state index is 12.4. The van der Waals surface area contributed by atoms with E-state index in [2.05, 4.69) is 31.9 Å². The van der Waals surface area contributed by atoms with Crippen LogP contribution in [0.2, 0.25) is 0 Å². The third-order valence-electron chi connectivity index (χ3n) is 2.76. The lowest BCUT2D eigenvalue weighted by atomic mass is 10.2. The van der Waals surface area contributed by atoms with Crippen LogP contribution in [-0.2, 0) is 0 Å². The zero-order chi connectivity index (χ0) is 16.1. The molecule has 0 fully saturated rings. The highest BCUT2D eigenvalue weighted by Gasteiger charge is 2.17. The lowest BCUT2D eigenvalue weighted by Gasteiger charge is -2.11. The van der Waals surface area contributed by atoms with Crippen molar-refractivity contribution in [1.29, 1.82) is 0 Å². The van der Waals surface area contributed by atoms with Gasteiger partial charge in [0.25, 0.3) is 0 Å². The first-order valence-electron chi connectivity index (χ1n) is 6.44. The van der Waals surface area contributed by atoms with Gasteiger partial charge in [-0.15, -0.1) is 0 Å². The molecule has 0 aliphatic rings. The normalized spacial score (nSPS) is 10.1. The Kier molecular flexibility index (Phi) is 5.74. The van der Waals surface area contributed by atoms with Gasteiger partial charge in [0.05, 0.1) is 12.2 Å². The van der Waals surface area contributed by atoms with Gasteiger partial charge in [-0.1, -0.05) is 31.9 Å². The van der Waals surface area contributed by atoms with Gasteiger partial charge in [0.1, 0.15) is 17.1 Å². The lowest BCUT2D eigenvalue weighted by Crippen LogP contribution is -2.12. The Labute approximate surface area is 144 Å². The average Bonchev–Trinajstić information content (AvgIpc) is 2.50. The van der Waals surface area contributed by atoms with E-state index >= 15 is 0 Å². The minimum atomic E-state index is -0.588. The first-order chi connectivity index (χ1) is 10.5. The molecule has 2 aromatic carbocycles. The first-order valence-corrected chi connectivity index (χ1v) is 8.03. The number of benzene rings is 2. The summed E-state index contributed by atoms with van der Waals surface area (Å²) in [5, 5.41) is 0. The van der Waals surface area contributed by atoms with Gasteiger partial charge in [-0.2, -0.15) is 0 Å². The number of halogens is 2. The third-order valence-corrected chi connectivity index (χ3v) is 3.75. The lowest BCUT2D eigenvalue weighted by molar-refractivity contribution is 0.0729. The summed E-state index contributed by atoms with van der Waals surface area (Å²) >= 11 is 6.58. The zero-order valence-corrected chi connectivity index (χ0v) is 14.8. The van der Waals surface area contributed by atoms with Crippen LogP contribution in [0.3, 0.4) is 0 Å². The molecule has 0 bridgehead atoms. The molecule has 114 valence electrons. The Hall–Kier alpha value is -1.66. The van der Waals surface area contributed by atoms with Crippen LogP contribution in [0.25, 0.3) is 0 Å². The van der Waals surface area contributed by atoms with Crippen molar-refractivity contribution >= 4 is 44.1 Å². The Morgan fingerprint density at radius 2 is 1.73 bits per heavy atom. The van der Waals surface area contributed by atoms with Crippen LogP contribution in [0.1, 0.15) is 27.6 Å². The fourth-order valence-corrected chi connectivity index (χ4v) is 2.54. The predicted octanol–water partition coefficient (Wildman–Crippen LogP) is 4.64. The molecule has 0 aromatic heterocycles. The Morgan fingerprint density at radius 3 is 2.36 bits per heavy atom. The molecule has 4 nitrogen and oxygen atoms in total. The van der Waals surface area contributed by atoms with E-state index < -0.39 is 5.97 Å². The third kappa shape index (κ3) is 3.96. The van der Waals surface area contributed by atoms with E-state index in [1.54, 1.807) is 36.4 Å². The number of carbonyl (C=O) groups excluding carboxylic acids is 2. The molecule has 0 aliphatic carbocycles. The van der Waals surface area contributed by atoms with Crippen molar-refractivity contribution in [1.82, 2.24) is 0 Å². The van der Waals surface area contributed by atoms with E-state index in [0.29, 0.717) is 18.6 Å². The largest absolute Gasteiger partial charge is 0.493 e. The highest BCUT2D eigenvalue weighted by molar-refractivity contribution is 9.10. The van der Waals surface area contributed by atoms with Crippen molar-refractivity contribution in [2.45, 2.75) is 6.92 Å². The molecule has 0 saturated heterocycles. The van der Waals surface area contributed by atoms with E-state index in [0.717, 1.165) is 8.95 Å². The highest BCUT2D eigenvalue weighted by Crippen LogP contribution is 2.27. The fourth-order valence-electron chi connectivity index (χ4n) is 1.80. The first kappa shape index (κ1) is 16.7. The van der Waals surface area contributed by atoms with Crippen molar-refractivity contribution in [3.05, 3.63) is 56.5 Å². The molecule has 0 heterocycles. The van der Waals surface area contributed by atoms with E-state index in [1.807, 2.05) is 6.92 Å². The molecular formula is C16H12Br2O4. The Morgan fingerprint density at radius 1 is 1.09 bits per heavy atom. The molecule has 0 N–H and O–H groups in total. The van der Waals surface area contributed by atoms with E-state index in [-0.39, 0.29) is 16.9 Å². The molecular weight excluding hydrogens is 416 g/mol. The van der Waals surface area contributed by atoms with Gasteiger partial charge in [0.15, 0.2) is 6.29 Å². The summed E-state index contributed by atoms with van der Waals surface area (Å²) in [6.07, 6.45) is 0.637. The number of carbonyl (C=O) groups is 2. The van der Waals surface area contributed by atoms with Gasteiger partial charge in [-0.25, -0.2) is 4.79 Å². The van der Waals surface area contributed by atoms with Crippen molar-refractivity contribution in [3.8, 4) is 11.5 Å². The van der Waals surface area contributed by atoms with Crippen LogP contribution in [0.15, 0.2) is 45.3 Å². The minimum absolute atomic E-state index is 0.200. The summed E-state index contributed by atoms with van der Waals surface area (Å²) in [4.78, 5) is 23.4. The molecule has 0 aliphatic heterocycles. The van der Waals surface area contributed by atoms with Gasteiger partial charge in [0, 0.05) is 8.95 Å². The molecule has 2 aromatic rings. The molecule has 6 heteroatoms. The highest BCUT2D eigenvalue weighted by atomic mass is 79.9. The standard InChI is InChI=1S/C16H12Br2O4/c1-2-21-15-6-4-12(18)8-13(15)16(20)22-14-5-3-11(17)7-10(14)9-19/h3-9H,2H2,1H3. The number of hydrogen-bond donors (Lipinski definition) is 0. The zero-order valence-electron chi connectivity index (χ0n) is 11.6. The summed E-state index contributed by atoms with van der Waals surface area (Å²) in [6.45, 7) is 2.26. The van der Waals surface area contributed by atoms with Crippen molar-refractivity contribution < 1.29 is 19.1 Å². The smallest absolute Gasteiger partial charge is 0.347 e. The summed E-state index contributed by atoms with van der Waals surface area (Å²) in [6, 6.07) is 9.92. The van der Waals surface area contributed by atoms with Crippen LogP contribution >= 0.6 is 31.9 Å². The minimum Gasteiger partial charge on any atom is -0.493 e. The average molecular weight is 428 g/mol. The number of esters is 1. The van der Waals surface area contributed by atoms with Crippen LogP contribution in [0.4, 0.5) is 0 Å². The predicted molar refractivity (Wildman–Crippen MR) is 89.8 cm³/mol. The number of hydrogen-bond acceptors (Lipinski definition) is 4. The summed E-state index contributed by atoms with van der Waals surface area (Å²) in [5.74, 6) is 0.0428. The maximum Gasteiger partial charge on any atom is 0.347 e. The van der Waals surface area contributed by atoms with E-state index in [1.165, 1.54) is 0 Å². The summed E-state index contributed by atoms with van der Waals surface area (Å²) in [7, 11) is 0.